The van der Waals surface area contributed by atoms with E-state index in [-0.39, 0.29) is 23.2 Å². The molecule has 0 radical (unpaired) electrons. The minimum atomic E-state index is -0.257. The molecule has 5 aromatic rings. The van der Waals surface area contributed by atoms with E-state index in [1.54, 1.807) is 39.7 Å². The highest BCUT2D eigenvalue weighted by atomic mass is 35.5. The number of carbonyl (C=O) groups excluding carboxylic acids is 1. The molecule has 1 spiro atoms. The molecule has 0 saturated carbocycles. The van der Waals surface area contributed by atoms with Crippen molar-refractivity contribution in [2.75, 3.05) is 52.3 Å². The topological polar surface area (TPSA) is 127 Å². The normalized spacial score (nSPS) is 19.8. The molecular formula is C39H41ClN8O4. The van der Waals surface area contributed by atoms with E-state index in [0.29, 0.717) is 47.2 Å². The van der Waals surface area contributed by atoms with Crippen molar-refractivity contribution in [2.24, 2.45) is 7.05 Å². The van der Waals surface area contributed by atoms with Gasteiger partial charge in [-0.3, -0.25) is 9.69 Å². The molecule has 2 fully saturated rings. The number of anilines is 2. The van der Waals surface area contributed by atoms with Gasteiger partial charge >= 0.3 is 6.03 Å². The van der Waals surface area contributed by atoms with Crippen molar-refractivity contribution in [3.05, 3.63) is 93.0 Å². The third-order valence-electron chi connectivity index (χ3n) is 10.9. The first-order chi connectivity index (χ1) is 25.2. The molecule has 3 aromatic heterocycles. The van der Waals surface area contributed by atoms with Crippen LogP contribution in [0.15, 0.2) is 65.7 Å². The van der Waals surface area contributed by atoms with Crippen LogP contribution in [0.3, 0.4) is 0 Å². The Bertz CT molecular complexity index is 2280. The molecule has 2 amide bonds. The number of aryl methyl sites for hydroxylation is 2. The SMILES string of the molecule is COCCN1C[C@]2(CCN([C@H]3CCc4cc(-c5cccc(-c6cccc(Nc7nccc8cnn(C)c(=O)c78)c6C)c5Cl)nc(OC)c43)C2)NC1=O. The van der Waals surface area contributed by atoms with Crippen molar-refractivity contribution in [1.29, 1.82) is 0 Å². The molecule has 0 bridgehead atoms. The summed E-state index contributed by atoms with van der Waals surface area (Å²) in [5.41, 5.74) is 7.00. The molecule has 5 heterocycles. The zero-order valence-corrected chi connectivity index (χ0v) is 30.5. The lowest BCUT2D eigenvalue weighted by atomic mass is 9.96. The Balaban J connectivity index is 1.08. The van der Waals surface area contributed by atoms with E-state index >= 15 is 0 Å². The van der Waals surface area contributed by atoms with Crippen molar-refractivity contribution < 1.29 is 14.3 Å². The minimum absolute atomic E-state index is 0.0152. The fourth-order valence-electron chi connectivity index (χ4n) is 8.20. The molecule has 0 unspecified atom stereocenters. The highest BCUT2D eigenvalue weighted by Crippen LogP contribution is 2.46. The average Bonchev–Trinajstić information content (AvgIpc) is 3.85. The molecular weight excluding hydrogens is 680 g/mol. The Morgan fingerprint density at radius 2 is 1.88 bits per heavy atom. The van der Waals surface area contributed by atoms with E-state index in [1.165, 1.54) is 10.2 Å². The quantitative estimate of drug-likeness (QED) is 0.192. The van der Waals surface area contributed by atoms with Gasteiger partial charge in [0.25, 0.3) is 5.56 Å². The molecule has 13 heteroatoms. The van der Waals surface area contributed by atoms with Crippen LogP contribution in [-0.4, -0.2) is 88.1 Å². The summed E-state index contributed by atoms with van der Waals surface area (Å²) in [5, 5.41) is 12.6. The van der Waals surface area contributed by atoms with Crippen molar-refractivity contribution >= 4 is 39.9 Å². The number of ether oxygens (including phenoxy) is 2. The first-order valence-electron chi connectivity index (χ1n) is 17.5. The summed E-state index contributed by atoms with van der Waals surface area (Å²) in [6.07, 6.45) is 6.08. The van der Waals surface area contributed by atoms with Gasteiger partial charge in [-0.05, 0) is 61.1 Å². The van der Waals surface area contributed by atoms with Gasteiger partial charge in [0, 0.05) is 80.3 Å². The number of hydrogen-bond acceptors (Lipinski definition) is 9. The molecule has 2 aliphatic heterocycles. The van der Waals surface area contributed by atoms with Gasteiger partial charge in [0.15, 0.2) is 0 Å². The highest BCUT2D eigenvalue weighted by Gasteiger charge is 2.49. The predicted molar refractivity (Wildman–Crippen MR) is 201 cm³/mol. The molecule has 12 nitrogen and oxygen atoms in total. The van der Waals surface area contributed by atoms with Crippen LogP contribution in [-0.2, 0) is 18.2 Å². The zero-order chi connectivity index (χ0) is 36.1. The first-order valence-corrected chi connectivity index (χ1v) is 17.9. The largest absolute Gasteiger partial charge is 0.481 e. The summed E-state index contributed by atoms with van der Waals surface area (Å²) in [6, 6.07) is 16.1. The van der Waals surface area contributed by atoms with Gasteiger partial charge in [-0.15, -0.1) is 0 Å². The number of rotatable bonds is 9. The van der Waals surface area contributed by atoms with Crippen LogP contribution in [0.25, 0.3) is 33.2 Å². The molecule has 52 heavy (non-hydrogen) atoms. The molecule has 3 aliphatic rings. The number of halogens is 1. The van der Waals surface area contributed by atoms with Crippen LogP contribution in [0.5, 0.6) is 5.88 Å². The molecule has 8 rings (SSSR count). The Labute approximate surface area is 306 Å². The van der Waals surface area contributed by atoms with E-state index < -0.39 is 0 Å². The number of amides is 2. The summed E-state index contributed by atoms with van der Waals surface area (Å²) in [5.74, 6) is 1.08. The number of aromatic nitrogens is 4. The summed E-state index contributed by atoms with van der Waals surface area (Å²) >= 11 is 7.26. The fourth-order valence-corrected chi connectivity index (χ4v) is 8.53. The van der Waals surface area contributed by atoms with Gasteiger partial charge < -0.3 is 25.0 Å². The maximum absolute atomic E-state index is 13.0. The van der Waals surface area contributed by atoms with Crippen LogP contribution < -0.4 is 20.9 Å². The lowest BCUT2D eigenvalue weighted by Gasteiger charge is -2.28. The number of fused-ring (bicyclic) bond motifs is 2. The smallest absolute Gasteiger partial charge is 0.318 e. The standard InChI is InChI=1S/C39H41ClN8O4/c1-23-26(7-6-10-29(23)43-35-33-25(13-15-41-35)20-42-46(2)37(33)49)27-8-5-9-28(34(27)40)30-19-24-11-12-31(32(24)36(44-30)52-4)47-16-14-39(21-47)22-48(17-18-51-3)38(50)45-39/h5-10,13,15,19-20,31H,11-12,14,16-18,21-22H2,1-4H3,(H,41,43)(H,45,50)/t31-,39+/m0/s1. The Hall–Kier alpha value is -5.04. The first kappa shape index (κ1) is 34.1. The average molecular weight is 721 g/mol. The van der Waals surface area contributed by atoms with Crippen LogP contribution in [0, 0.1) is 6.92 Å². The molecule has 2 saturated heterocycles. The van der Waals surface area contributed by atoms with E-state index in [1.807, 2.05) is 48.2 Å². The summed E-state index contributed by atoms with van der Waals surface area (Å²) in [7, 11) is 4.96. The van der Waals surface area contributed by atoms with E-state index in [9.17, 15) is 9.59 Å². The Kier molecular flexibility index (Phi) is 8.84. The van der Waals surface area contributed by atoms with Gasteiger partial charge in [-0.2, -0.15) is 5.10 Å². The molecule has 2 aromatic carbocycles. The summed E-state index contributed by atoms with van der Waals surface area (Å²) in [6.45, 7) is 5.49. The lowest BCUT2D eigenvalue weighted by Crippen LogP contribution is -2.46. The van der Waals surface area contributed by atoms with Crippen molar-refractivity contribution in [1.82, 2.24) is 34.9 Å². The molecule has 2 N–H and O–H groups in total. The van der Waals surface area contributed by atoms with Crippen LogP contribution in [0.1, 0.15) is 35.6 Å². The highest BCUT2D eigenvalue weighted by molar-refractivity contribution is 6.36. The van der Waals surface area contributed by atoms with E-state index in [0.717, 1.165) is 71.6 Å². The van der Waals surface area contributed by atoms with Gasteiger partial charge in [0.05, 0.1) is 41.6 Å². The number of likely N-dealkylation sites (tertiary alicyclic amines) is 1. The van der Waals surface area contributed by atoms with Crippen LogP contribution in [0.4, 0.5) is 16.3 Å². The Morgan fingerprint density at radius 3 is 2.71 bits per heavy atom. The number of pyridine rings is 2. The lowest BCUT2D eigenvalue weighted by molar-refractivity contribution is 0.158. The number of carbonyl (C=O) groups is 1. The summed E-state index contributed by atoms with van der Waals surface area (Å²) < 4.78 is 12.5. The van der Waals surface area contributed by atoms with Crippen molar-refractivity contribution in [3.63, 3.8) is 0 Å². The molecule has 1 aliphatic carbocycles. The second-order valence-corrected chi connectivity index (χ2v) is 14.3. The number of nitrogens with one attached hydrogen (secondary N) is 2. The van der Waals surface area contributed by atoms with Gasteiger partial charge in [0.1, 0.15) is 5.82 Å². The van der Waals surface area contributed by atoms with Crippen LogP contribution >= 0.6 is 11.6 Å². The Morgan fingerprint density at radius 1 is 1.08 bits per heavy atom. The minimum Gasteiger partial charge on any atom is -0.481 e. The number of methoxy groups -OCH3 is 2. The zero-order valence-electron chi connectivity index (χ0n) is 29.7. The molecule has 2 atom stereocenters. The van der Waals surface area contributed by atoms with Crippen molar-refractivity contribution in [3.8, 4) is 28.3 Å². The number of urea groups is 1. The van der Waals surface area contributed by atoms with Crippen LogP contribution in [0.2, 0.25) is 5.02 Å². The van der Waals surface area contributed by atoms with Gasteiger partial charge in [-0.25, -0.2) is 19.4 Å². The maximum Gasteiger partial charge on any atom is 0.318 e. The number of hydrogen-bond donors (Lipinski definition) is 2. The van der Waals surface area contributed by atoms with Crippen molar-refractivity contribution in [2.45, 2.75) is 37.8 Å². The van der Waals surface area contributed by atoms with E-state index in [4.69, 9.17) is 26.1 Å². The maximum atomic E-state index is 13.0. The van der Waals surface area contributed by atoms with E-state index in [2.05, 4.69) is 31.7 Å². The summed E-state index contributed by atoms with van der Waals surface area (Å²) in [4.78, 5) is 39.6. The molecule has 268 valence electrons. The monoisotopic (exact) mass is 720 g/mol. The third kappa shape index (κ3) is 5.84. The predicted octanol–water partition coefficient (Wildman–Crippen LogP) is 5.87. The second-order valence-electron chi connectivity index (χ2n) is 14.0. The third-order valence-corrected chi connectivity index (χ3v) is 11.3. The number of nitrogens with zero attached hydrogens (tertiary/aromatic N) is 6. The fraction of sp³-hybridized carbons (Fsp3) is 0.359. The second kappa shape index (κ2) is 13.5. The van der Waals surface area contributed by atoms with Gasteiger partial charge in [-0.1, -0.05) is 41.9 Å². The number of benzene rings is 2. The van der Waals surface area contributed by atoms with Gasteiger partial charge in [0.2, 0.25) is 5.88 Å².